The van der Waals surface area contributed by atoms with Crippen molar-refractivity contribution in [1.82, 2.24) is 0 Å². The monoisotopic (exact) mass is 254 g/mol. The van der Waals surface area contributed by atoms with E-state index < -0.39 is 30.0 Å². The van der Waals surface area contributed by atoms with Crippen molar-refractivity contribution in [2.24, 2.45) is 0 Å². The molecule has 0 bridgehead atoms. The fourth-order valence-corrected chi connectivity index (χ4v) is 1.85. The van der Waals surface area contributed by atoms with Gasteiger partial charge in [0.15, 0.2) is 17.0 Å². The van der Waals surface area contributed by atoms with Gasteiger partial charge in [0.25, 0.3) is 0 Å². The molecule has 0 fully saturated rings. The summed E-state index contributed by atoms with van der Waals surface area (Å²) in [5, 5.41) is 8.99. The quantitative estimate of drug-likeness (QED) is 0.814. The Morgan fingerprint density at radius 1 is 1.50 bits per heavy atom. The zero-order chi connectivity index (χ0) is 13.5. The zero-order valence-electron chi connectivity index (χ0n) is 10.2. The Labute approximate surface area is 104 Å². The normalized spacial score (nSPS) is 16.6. The Morgan fingerprint density at radius 2 is 2.17 bits per heavy atom. The molecule has 0 radical (unpaired) electrons. The van der Waals surface area contributed by atoms with Crippen LogP contribution in [0.5, 0.6) is 11.5 Å². The van der Waals surface area contributed by atoms with Crippen LogP contribution in [0.15, 0.2) is 12.1 Å². The van der Waals surface area contributed by atoms with Crippen molar-refractivity contribution in [3.05, 3.63) is 23.5 Å². The molecule has 7 heteroatoms. The molecule has 0 aliphatic carbocycles. The van der Waals surface area contributed by atoms with Crippen molar-refractivity contribution in [1.29, 1.82) is 0 Å². The van der Waals surface area contributed by atoms with Crippen LogP contribution in [0.2, 0.25) is 0 Å². The molecule has 18 heavy (non-hydrogen) atoms. The highest BCUT2D eigenvalue weighted by molar-refractivity contribution is 6.49. The molecule has 96 valence electrons. The third-order valence-corrected chi connectivity index (χ3v) is 2.66. The van der Waals surface area contributed by atoms with E-state index in [2.05, 4.69) is 0 Å². The van der Waals surface area contributed by atoms with E-state index >= 15 is 0 Å². The highest BCUT2D eigenvalue weighted by Gasteiger charge is 2.47. The number of rotatable bonds is 2. The Balaban J connectivity index is 2.56. The zero-order valence-corrected chi connectivity index (χ0v) is 10.2. The number of benzene rings is 1. The van der Waals surface area contributed by atoms with E-state index in [-0.39, 0.29) is 11.5 Å². The lowest BCUT2D eigenvalue weighted by atomic mass is 9.68. The van der Waals surface area contributed by atoms with Gasteiger partial charge in [-0.2, -0.15) is 0 Å². The van der Waals surface area contributed by atoms with Crippen LogP contribution < -0.4 is 9.39 Å². The number of carboxylic acid groups (broad SMARTS) is 1. The fourth-order valence-electron chi connectivity index (χ4n) is 1.85. The van der Waals surface area contributed by atoms with E-state index in [4.69, 9.17) is 19.2 Å². The molecule has 1 heterocycles. The second-order valence-electron chi connectivity index (χ2n) is 4.45. The van der Waals surface area contributed by atoms with Crippen LogP contribution in [0.1, 0.15) is 24.2 Å². The van der Waals surface area contributed by atoms with Crippen LogP contribution in [0, 0.1) is 5.82 Å². The van der Waals surface area contributed by atoms with Crippen LogP contribution in [-0.2, 0) is 4.65 Å². The van der Waals surface area contributed by atoms with E-state index in [0.717, 1.165) is 6.07 Å². The molecule has 0 spiro atoms. The Morgan fingerprint density at radius 3 is 2.72 bits per heavy atom. The largest absolute Gasteiger partial charge is 0.571 e. The Hall–Kier alpha value is -1.76. The summed E-state index contributed by atoms with van der Waals surface area (Å²) < 4.78 is 29.6. The average Bonchev–Trinajstić information content (AvgIpc) is 2.27. The minimum absolute atomic E-state index is 0.145. The van der Waals surface area contributed by atoms with Crippen LogP contribution in [0.25, 0.3) is 0 Å². The van der Waals surface area contributed by atoms with E-state index in [1.165, 1.54) is 13.2 Å². The van der Waals surface area contributed by atoms with Gasteiger partial charge in [-0.25, -0.2) is 9.18 Å². The highest BCUT2D eigenvalue weighted by atomic mass is 19.1. The smallest absolute Gasteiger partial charge is 0.530 e. The molecule has 2 rings (SSSR count). The first-order valence-electron chi connectivity index (χ1n) is 5.31. The topological polar surface area (TPSA) is 65.0 Å². The fraction of sp³-hybridized carbons (Fsp3) is 0.364. The van der Waals surface area contributed by atoms with Gasteiger partial charge < -0.3 is 19.2 Å². The predicted molar refractivity (Wildman–Crippen MR) is 61.5 cm³/mol. The summed E-state index contributed by atoms with van der Waals surface area (Å²) >= 11 is 0. The van der Waals surface area contributed by atoms with Gasteiger partial charge in [-0.3, -0.25) is 0 Å². The SMILES string of the molecule is COB1Oc2c(ccc(F)c2C(=O)O)OC1(C)C. The number of aromatic carboxylic acids is 1. The first kappa shape index (κ1) is 12.7. The molecular formula is C11H12BFO5. The molecule has 1 aromatic rings. The number of halogens is 1. The van der Waals surface area contributed by atoms with E-state index in [1.54, 1.807) is 13.8 Å². The Bertz CT molecular complexity index is 502. The summed E-state index contributed by atoms with van der Waals surface area (Å²) in [6.07, 6.45) is 0. The van der Waals surface area contributed by atoms with Gasteiger partial charge in [0, 0.05) is 7.11 Å². The molecule has 5 nitrogen and oxygen atoms in total. The number of carboxylic acids is 1. The average molecular weight is 254 g/mol. The second kappa shape index (κ2) is 4.17. The number of hydrogen-bond donors (Lipinski definition) is 1. The summed E-state index contributed by atoms with van der Waals surface area (Å²) in [6, 6.07) is 2.37. The molecule has 1 aliphatic heterocycles. The van der Waals surface area contributed by atoms with Crippen molar-refractivity contribution in [3.63, 3.8) is 0 Å². The van der Waals surface area contributed by atoms with Gasteiger partial charge in [0.2, 0.25) is 0 Å². The Kier molecular flexibility index (Phi) is 2.94. The van der Waals surface area contributed by atoms with Crippen molar-refractivity contribution in [3.8, 4) is 11.5 Å². The molecule has 1 N–H and O–H groups in total. The molecule has 0 saturated heterocycles. The summed E-state index contributed by atoms with van der Waals surface area (Å²) in [4.78, 5) is 11.0. The van der Waals surface area contributed by atoms with Gasteiger partial charge in [-0.1, -0.05) is 0 Å². The second-order valence-corrected chi connectivity index (χ2v) is 4.45. The van der Waals surface area contributed by atoms with Gasteiger partial charge in [0.05, 0.1) is 0 Å². The maximum atomic E-state index is 13.5. The molecule has 1 aliphatic rings. The third-order valence-electron chi connectivity index (χ3n) is 2.66. The lowest BCUT2D eigenvalue weighted by Crippen LogP contribution is -2.54. The minimum atomic E-state index is -1.41. The van der Waals surface area contributed by atoms with Crippen LogP contribution in [0.4, 0.5) is 4.39 Å². The summed E-state index contributed by atoms with van der Waals surface area (Å²) in [7, 11) is 0.588. The lowest BCUT2D eigenvalue weighted by Gasteiger charge is -2.36. The number of hydrogen-bond acceptors (Lipinski definition) is 4. The minimum Gasteiger partial charge on any atom is -0.530 e. The van der Waals surface area contributed by atoms with E-state index in [0.29, 0.717) is 0 Å². The van der Waals surface area contributed by atoms with Gasteiger partial charge >= 0.3 is 13.1 Å². The molecule has 0 aromatic heterocycles. The van der Waals surface area contributed by atoms with Crippen molar-refractivity contribution < 1.29 is 28.3 Å². The number of carbonyl (C=O) groups is 1. The first-order valence-corrected chi connectivity index (χ1v) is 5.31. The summed E-state index contributed by atoms with van der Waals surface area (Å²) in [6.45, 7) is 3.46. The van der Waals surface area contributed by atoms with E-state index in [9.17, 15) is 9.18 Å². The summed E-state index contributed by atoms with van der Waals surface area (Å²) in [5.74, 6) is -2.25. The summed E-state index contributed by atoms with van der Waals surface area (Å²) in [5.41, 5.74) is -1.35. The maximum Gasteiger partial charge on any atom is 0.571 e. The van der Waals surface area contributed by atoms with Gasteiger partial charge in [0.1, 0.15) is 11.4 Å². The molecular weight excluding hydrogens is 242 g/mol. The first-order chi connectivity index (χ1) is 8.36. The van der Waals surface area contributed by atoms with Gasteiger partial charge in [-0.15, -0.1) is 0 Å². The standard InChI is InChI=1S/C11H12BFO5/c1-11(2)12(16-3)18-9-7(17-11)5-4-6(13)8(9)10(14)15/h4-5H,1-3H3,(H,14,15). The number of ether oxygens (including phenoxy) is 1. The van der Waals surface area contributed by atoms with Crippen LogP contribution >= 0.6 is 0 Å². The van der Waals surface area contributed by atoms with Crippen molar-refractivity contribution >= 4 is 13.1 Å². The van der Waals surface area contributed by atoms with E-state index in [1.807, 2.05) is 0 Å². The predicted octanol–water partition coefficient (Wildman–Crippen LogP) is 1.75. The molecule has 0 unspecified atom stereocenters. The van der Waals surface area contributed by atoms with Crippen molar-refractivity contribution in [2.45, 2.75) is 19.3 Å². The van der Waals surface area contributed by atoms with Crippen LogP contribution in [0.3, 0.4) is 0 Å². The lowest BCUT2D eigenvalue weighted by molar-refractivity contribution is 0.0678. The van der Waals surface area contributed by atoms with Crippen LogP contribution in [-0.4, -0.2) is 30.8 Å². The van der Waals surface area contributed by atoms with Crippen molar-refractivity contribution in [2.75, 3.05) is 7.11 Å². The van der Waals surface area contributed by atoms with Gasteiger partial charge in [-0.05, 0) is 26.0 Å². The molecule has 0 saturated carbocycles. The molecule has 1 aromatic carbocycles. The molecule has 0 atom stereocenters. The number of fused-ring (bicyclic) bond motifs is 1. The highest BCUT2D eigenvalue weighted by Crippen LogP contribution is 2.40. The third kappa shape index (κ3) is 1.90. The maximum absolute atomic E-state index is 13.5. The molecule has 0 amide bonds.